The number of carbonyl (C=O) groups is 1. The van der Waals surface area contributed by atoms with Crippen molar-refractivity contribution in [3.63, 3.8) is 0 Å². The quantitative estimate of drug-likeness (QED) is 0.726. The molecule has 0 aromatic heterocycles. The second-order valence-electron chi connectivity index (χ2n) is 7.10. The second-order valence-corrected chi connectivity index (χ2v) is 9.01. The van der Waals surface area contributed by atoms with Gasteiger partial charge in [-0.25, -0.2) is 12.8 Å². The molecule has 1 fully saturated rings. The Hall–Kier alpha value is -2.80. The van der Waals surface area contributed by atoms with Crippen molar-refractivity contribution in [3.05, 3.63) is 65.5 Å². The van der Waals surface area contributed by atoms with Crippen LogP contribution in [-0.4, -0.2) is 43.4 Å². The van der Waals surface area contributed by atoms with Gasteiger partial charge < -0.3 is 10.4 Å². The summed E-state index contributed by atoms with van der Waals surface area (Å²) >= 11 is 0. The number of halogens is 1. The molecule has 3 rings (SSSR count). The fourth-order valence-corrected chi connectivity index (χ4v) is 5.07. The number of hydrogen-bond acceptors (Lipinski definition) is 5. The van der Waals surface area contributed by atoms with Gasteiger partial charge in [0.15, 0.2) is 0 Å². The standard InChI is InChI=1S/C21H22FN3O4S/c22-18-6-3-5-16(12-18)19(26)14-24-21(27)15-8-10-25(11-9-15)30(28,29)20-7-2-1-4-17(20)13-23/h1-7,12,15,19,26H,8-11,14H2,(H,24,27). The average Bonchev–Trinajstić information content (AvgIpc) is 2.77. The molecule has 0 spiro atoms. The lowest BCUT2D eigenvalue weighted by atomic mass is 9.97. The van der Waals surface area contributed by atoms with Crippen molar-refractivity contribution in [3.8, 4) is 6.07 Å². The molecule has 2 aromatic carbocycles. The minimum absolute atomic E-state index is 0.0337. The predicted molar refractivity (Wildman–Crippen MR) is 107 cm³/mol. The highest BCUT2D eigenvalue weighted by atomic mass is 32.2. The molecule has 2 N–H and O–H groups in total. The van der Waals surface area contributed by atoms with Crippen LogP contribution in [0.15, 0.2) is 53.4 Å². The zero-order valence-electron chi connectivity index (χ0n) is 16.2. The minimum Gasteiger partial charge on any atom is -0.387 e. The molecule has 9 heteroatoms. The van der Waals surface area contributed by atoms with Crippen LogP contribution in [-0.2, 0) is 14.8 Å². The summed E-state index contributed by atoms with van der Waals surface area (Å²) in [5.41, 5.74) is 0.455. The first-order valence-electron chi connectivity index (χ1n) is 9.53. The number of nitrogens with one attached hydrogen (secondary N) is 1. The molecule has 1 aliphatic rings. The van der Waals surface area contributed by atoms with Gasteiger partial charge in [-0.3, -0.25) is 4.79 Å². The zero-order valence-corrected chi connectivity index (χ0v) is 17.0. The summed E-state index contributed by atoms with van der Waals surface area (Å²) < 4.78 is 40.2. The summed E-state index contributed by atoms with van der Waals surface area (Å²) in [5.74, 6) is -1.13. The van der Waals surface area contributed by atoms with Crippen LogP contribution >= 0.6 is 0 Å². The summed E-state index contributed by atoms with van der Waals surface area (Å²) in [5, 5.41) is 21.9. The summed E-state index contributed by atoms with van der Waals surface area (Å²) in [7, 11) is -3.82. The van der Waals surface area contributed by atoms with Gasteiger partial charge in [-0.15, -0.1) is 0 Å². The van der Waals surface area contributed by atoms with Crippen LogP contribution in [0.4, 0.5) is 4.39 Å². The zero-order chi connectivity index (χ0) is 21.7. The Morgan fingerprint density at radius 3 is 2.60 bits per heavy atom. The van der Waals surface area contributed by atoms with Crippen molar-refractivity contribution in [1.82, 2.24) is 9.62 Å². The number of hydrogen-bond donors (Lipinski definition) is 2. The van der Waals surface area contributed by atoms with Gasteiger partial charge in [-0.2, -0.15) is 9.57 Å². The molecule has 2 aromatic rings. The van der Waals surface area contributed by atoms with Gasteiger partial charge >= 0.3 is 0 Å². The van der Waals surface area contributed by atoms with E-state index in [9.17, 15) is 22.7 Å². The smallest absolute Gasteiger partial charge is 0.244 e. The highest BCUT2D eigenvalue weighted by molar-refractivity contribution is 7.89. The van der Waals surface area contributed by atoms with E-state index in [0.717, 1.165) is 0 Å². The number of nitriles is 1. The van der Waals surface area contributed by atoms with Crippen LogP contribution < -0.4 is 5.32 Å². The highest BCUT2D eigenvalue weighted by Gasteiger charge is 2.33. The number of aliphatic hydroxyl groups excluding tert-OH is 1. The molecule has 1 amide bonds. The molecule has 1 heterocycles. The maximum absolute atomic E-state index is 13.3. The lowest BCUT2D eigenvalue weighted by molar-refractivity contribution is -0.126. The van der Waals surface area contributed by atoms with Gasteiger partial charge in [0.2, 0.25) is 15.9 Å². The van der Waals surface area contributed by atoms with E-state index in [2.05, 4.69) is 5.32 Å². The van der Waals surface area contributed by atoms with Crippen molar-refractivity contribution < 1.29 is 22.7 Å². The van der Waals surface area contributed by atoms with E-state index in [0.29, 0.717) is 18.4 Å². The van der Waals surface area contributed by atoms with Gasteiger partial charge in [0.25, 0.3) is 0 Å². The molecule has 1 aliphatic heterocycles. The molecule has 1 saturated heterocycles. The van der Waals surface area contributed by atoms with E-state index in [1.807, 2.05) is 6.07 Å². The fraction of sp³-hybridized carbons (Fsp3) is 0.333. The van der Waals surface area contributed by atoms with Gasteiger partial charge in [-0.05, 0) is 42.7 Å². The average molecular weight is 431 g/mol. The number of rotatable bonds is 6. The van der Waals surface area contributed by atoms with Gasteiger partial charge in [0, 0.05) is 25.6 Å². The molecule has 158 valence electrons. The summed E-state index contributed by atoms with van der Waals surface area (Å²) in [6.45, 7) is 0.260. The lowest BCUT2D eigenvalue weighted by Crippen LogP contribution is -2.43. The predicted octanol–water partition coefficient (Wildman–Crippen LogP) is 1.95. The van der Waals surface area contributed by atoms with Crippen LogP contribution in [0.3, 0.4) is 0 Å². The van der Waals surface area contributed by atoms with Crippen molar-refractivity contribution in [2.75, 3.05) is 19.6 Å². The molecular formula is C21H22FN3O4S. The highest BCUT2D eigenvalue weighted by Crippen LogP contribution is 2.26. The van der Waals surface area contributed by atoms with Crippen LogP contribution in [0.5, 0.6) is 0 Å². The summed E-state index contributed by atoms with van der Waals surface area (Å²) in [6, 6.07) is 13.5. The van der Waals surface area contributed by atoms with Gasteiger partial charge in [0.05, 0.1) is 16.6 Å². The summed E-state index contributed by atoms with van der Waals surface area (Å²) in [6.07, 6.45) is -0.376. The Bertz CT molecular complexity index is 1060. The van der Waals surface area contributed by atoms with E-state index >= 15 is 0 Å². The molecular weight excluding hydrogens is 409 g/mol. The van der Waals surface area contributed by atoms with Crippen molar-refractivity contribution in [1.29, 1.82) is 5.26 Å². The largest absolute Gasteiger partial charge is 0.387 e. The third-order valence-electron chi connectivity index (χ3n) is 5.15. The Labute approximate surface area is 174 Å². The van der Waals surface area contributed by atoms with E-state index < -0.39 is 21.9 Å². The Morgan fingerprint density at radius 1 is 1.23 bits per heavy atom. The first-order chi connectivity index (χ1) is 14.3. The molecule has 0 aliphatic carbocycles. The molecule has 7 nitrogen and oxygen atoms in total. The number of piperidine rings is 1. The second kappa shape index (κ2) is 9.34. The lowest BCUT2D eigenvalue weighted by Gasteiger charge is -2.31. The third kappa shape index (κ3) is 4.84. The molecule has 0 saturated carbocycles. The number of aliphatic hydroxyl groups is 1. The SMILES string of the molecule is N#Cc1ccccc1S(=O)(=O)N1CCC(C(=O)NCC(O)c2cccc(F)c2)CC1. The molecule has 30 heavy (non-hydrogen) atoms. The Kier molecular flexibility index (Phi) is 6.82. The number of amides is 1. The van der Waals surface area contributed by atoms with E-state index in [1.54, 1.807) is 18.2 Å². The van der Waals surface area contributed by atoms with Crippen molar-refractivity contribution >= 4 is 15.9 Å². The van der Waals surface area contributed by atoms with Crippen LogP contribution in [0.1, 0.15) is 30.1 Å². The summed E-state index contributed by atoms with van der Waals surface area (Å²) in [4.78, 5) is 12.4. The van der Waals surface area contributed by atoms with Crippen LogP contribution in [0, 0.1) is 23.1 Å². The third-order valence-corrected chi connectivity index (χ3v) is 7.11. The van der Waals surface area contributed by atoms with Crippen molar-refractivity contribution in [2.24, 2.45) is 5.92 Å². The maximum Gasteiger partial charge on any atom is 0.244 e. The van der Waals surface area contributed by atoms with Gasteiger partial charge in [-0.1, -0.05) is 24.3 Å². The number of benzene rings is 2. The Balaban J connectivity index is 1.56. The normalized spacial score (nSPS) is 16.6. The Morgan fingerprint density at radius 2 is 1.93 bits per heavy atom. The topological polar surface area (TPSA) is 111 Å². The molecule has 1 unspecified atom stereocenters. The first kappa shape index (κ1) is 21.9. The molecule has 0 radical (unpaired) electrons. The molecule has 1 atom stereocenters. The van der Waals surface area contributed by atoms with Crippen molar-refractivity contribution in [2.45, 2.75) is 23.8 Å². The van der Waals surface area contributed by atoms with E-state index in [4.69, 9.17) is 5.26 Å². The number of sulfonamides is 1. The minimum atomic E-state index is -3.82. The van der Waals surface area contributed by atoms with Crippen LogP contribution in [0.25, 0.3) is 0 Å². The maximum atomic E-state index is 13.3. The first-order valence-corrected chi connectivity index (χ1v) is 11.0. The number of carbonyl (C=O) groups excluding carboxylic acids is 1. The fourth-order valence-electron chi connectivity index (χ4n) is 3.45. The van der Waals surface area contributed by atoms with E-state index in [1.165, 1.54) is 34.6 Å². The number of nitrogens with zero attached hydrogens (tertiary/aromatic N) is 2. The van der Waals surface area contributed by atoms with E-state index in [-0.39, 0.29) is 41.9 Å². The monoisotopic (exact) mass is 431 g/mol. The van der Waals surface area contributed by atoms with Crippen LogP contribution in [0.2, 0.25) is 0 Å². The molecule has 0 bridgehead atoms. The van der Waals surface area contributed by atoms with Gasteiger partial charge in [0.1, 0.15) is 11.9 Å².